The summed E-state index contributed by atoms with van der Waals surface area (Å²) in [5.41, 5.74) is 0.821. The maximum absolute atomic E-state index is 13.7. The lowest BCUT2D eigenvalue weighted by Crippen LogP contribution is -2.42. The summed E-state index contributed by atoms with van der Waals surface area (Å²) in [6, 6.07) is 4.94. The molecule has 2 N–H and O–H groups in total. The Labute approximate surface area is 167 Å². The molecule has 1 aromatic rings. The molecule has 0 atom stereocenters. The number of rotatable bonds is 7. The summed E-state index contributed by atoms with van der Waals surface area (Å²) >= 11 is 0. The molecular weight excluding hydrogens is 434 g/mol. The van der Waals surface area contributed by atoms with E-state index in [9.17, 15) is 4.39 Å². The van der Waals surface area contributed by atoms with E-state index in [-0.39, 0.29) is 35.5 Å². The topological polar surface area (TPSA) is 48.9 Å². The van der Waals surface area contributed by atoms with Crippen LogP contribution in [-0.4, -0.2) is 50.7 Å². The van der Waals surface area contributed by atoms with E-state index in [1.165, 1.54) is 45.5 Å². The van der Waals surface area contributed by atoms with Gasteiger partial charge in [0, 0.05) is 19.6 Å². The zero-order chi connectivity index (χ0) is 17.2. The van der Waals surface area contributed by atoms with Gasteiger partial charge in [0.15, 0.2) is 17.5 Å². The Kier molecular flexibility index (Phi) is 10.8. The zero-order valence-electron chi connectivity index (χ0n) is 15.2. The van der Waals surface area contributed by atoms with Gasteiger partial charge < -0.3 is 20.3 Å². The van der Waals surface area contributed by atoms with Crippen molar-refractivity contribution in [3.05, 3.63) is 29.6 Å². The fourth-order valence-corrected chi connectivity index (χ4v) is 2.84. The van der Waals surface area contributed by atoms with E-state index in [0.717, 1.165) is 31.2 Å². The van der Waals surface area contributed by atoms with Gasteiger partial charge in [-0.15, -0.1) is 24.0 Å². The average molecular weight is 464 g/mol. The van der Waals surface area contributed by atoms with Crippen molar-refractivity contribution in [2.45, 2.75) is 32.7 Å². The smallest absolute Gasteiger partial charge is 0.191 e. The Bertz CT molecular complexity index is 536. The fourth-order valence-electron chi connectivity index (χ4n) is 2.84. The molecule has 1 saturated heterocycles. The quantitative estimate of drug-likeness (QED) is 0.370. The Hall–Kier alpha value is -1.09. The highest BCUT2D eigenvalue weighted by molar-refractivity contribution is 14.0. The van der Waals surface area contributed by atoms with Gasteiger partial charge in [-0.05, 0) is 50.6 Å². The minimum atomic E-state index is -0.353. The van der Waals surface area contributed by atoms with Gasteiger partial charge in [-0.2, -0.15) is 0 Å². The number of guanidine groups is 1. The van der Waals surface area contributed by atoms with Crippen molar-refractivity contribution in [2.75, 3.05) is 39.8 Å². The summed E-state index contributed by atoms with van der Waals surface area (Å²) in [6.45, 7) is 7.55. The van der Waals surface area contributed by atoms with Gasteiger partial charge in [0.2, 0.25) is 0 Å². The fraction of sp³-hybridized carbons (Fsp3) is 0.611. The van der Waals surface area contributed by atoms with E-state index < -0.39 is 0 Å². The second-order valence-electron chi connectivity index (χ2n) is 5.99. The summed E-state index contributed by atoms with van der Waals surface area (Å²) in [5.74, 6) is 0.674. The Morgan fingerprint density at radius 1 is 1.24 bits per heavy atom. The summed E-state index contributed by atoms with van der Waals surface area (Å²) in [4.78, 5) is 7.02. The van der Waals surface area contributed by atoms with Crippen LogP contribution in [0.5, 0.6) is 5.75 Å². The Balaban J connectivity index is 0.00000312. The van der Waals surface area contributed by atoms with Gasteiger partial charge in [0.1, 0.15) is 0 Å². The molecule has 0 saturated carbocycles. The van der Waals surface area contributed by atoms with Crippen LogP contribution in [0.4, 0.5) is 4.39 Å². The summed E-state index contributed by atoms with van der Waals surface area (Å²) < 4.78 is 18.7. The highest BCUT2D eigenvalue weighted by Gasteiger charge is 2.09. The maximum atomic E-state index is 13.7. The molecule has 1 aliphatic heterocycles. The minimum Gasteiger partial charge on any atom is -0.494 e. The molecule has 5 nitrogen and oxygen atoms in total. The number of ether oxygens (including phenoxy) is 1. The first kappa shape index (κ1) is 22.0. The van der Waals surface area contributed by atoms with Gasteiger partial charge in [-0.3, -0.25) is 0 Å². The van der Waals surface area contributed by atoms with Crippen molar-refractivity contribution >= 4 is 29.9 Å². The molecule has 1 aliphatic rings. The second-order valence-corrected chi connectivity index (χ2v) is 5.99. The molecule has 7 heteroatoms. The average Bonchev–Trinajstić information content (AvgIpc) is 2.60. The number of hydrogen-bond donors (Lipinski definition) is 2. The zero-order valence-corrected chi connectivity index (χ0v) is 17.5. The van der Waals surface area contributed by atoms with Crippen molar-refractivity contribution in [3.63, 3.8) is 0 Å². The molecular formula is C18H30FIN4O. The summed E-state index contributed by atoms with van der Waals surface area (Å²) in [5, 5.41) is 6.58. The normalized spacial score (nSPS) is 15.4. The van der Waals surface area contributed by atoms with Crippen LogP contribution in [0.3, 0.4) is 0 Å². The van der Waals surface area contributed by atoms with Crippen LogP contribution >= 0.6 is 24.0 Å². The van der Waals surface area contributed by atoms with E-state index in [0.29, 0.717) is 6.54 Å². The SMILES string of the molecule is CCNC(=NCc1ccc(OC)c(F)c1)NCCN1CCCCC1.I. The molecule has 0 unspecified atom stereocenters. The van der Waals surface area contributed by atoms with E-state index in [4.69, 9.17) is 4.74 Å². The molecule has 0 aliphatic carbocycles. The van der Waals surface area contributed by atoms with E-state index in [1.54, 1.807) is 6.07 Å². The molecule has 2 rings (SSSR count). The van der Waals surface area contributed by atoms with E-state index >= 15 is 0 Å². The van der Waals surface area contributed by atoms with Crippen LogP contribution in [0.15, 0.2) is 23.2 Å². The van der Waals surface area contributed by atoms with Gasteiger partial charge in [0.25, 0.3) is 0 Å². The standard InChI is InChI=1S/C18H29FN4O.HI/c1-3-20-18(21-9-12-23-10-5-4-6-11-23)22-14-15-7-8-17(24-2)16(19)13-15;/h7-8,13H,3-6,9-12,14H2,1-2H3,(H2,20,21,22);1H. The molecule has 0 spiro atoms. The first-order valence-corrected chi connectivity index (χ1v) is 8.80. The van der Waals surface area contributed by atoms with Crippen molar-refractivity contribution < 1.29 is 9.13 Å². The monoisotopic (exact) mass is 464 g/mol. The van der Waals surface area contributed by atoms with Crippen molar-refractivity contribution in [2.24, 2.45) is 4.99 Å². The predicted molar refractivity (Wildman–Crippen MR) is 111 cm³/mol. The van der Waals surface area contributed by atoms with E-state index in [2.05, 4.69) is 20.5 Å². The lowest BCUT2D eigenvalue weighted by atomic mass is 10.1. The number of halogens is 2. The van der Waals surface area contributed by atoms with Gasteiger partial charge in [0.05, 0.1) is 13.7 Å². The van der Waals surface area contributed by atoms with Crippen molar-refractivity contribution in [1.29, 1.82) is 0 Å². The molecule has 25 heavy (non-hydrogen) atoms. The van der Waals surface area contributed by atoms with Crippen LogP contribution in [-0.2, 0) is 6.54 Å². The number of aliphatic imine (C=N–C) groups is 1. The van der Waals surface area contributed by atoms with Crippen LogP contribution in [0, 0.1) is 5.82 Å². The molecule has 0 radical (unpaired) electrons. The van der Waals surface area contributed by atoms with Gasteiger partial charge in [-0.1, -0.05) is 12.5 Å². The van der Waals surface area contributed by atoms with Crippen LogP contribution in [0.1, 0.15) is 31.7 Å². The summed E-state index contributed by atoms with van der Waals surface area (Å²) in [7, 11) is 1.46. The number of nitrogens with one attached hydrogen (secondary N) is 2. The first-order valence-electron chi connectivity index (χ1n) is 8.80. The van der Waals surface area contributed by atoms with Crippen LogP contribution in [0.2, 0.25) is 0 Å². The maximum Gasteiger partial charge on any atom is 0.191 e. The molecule has 0 amide bonds. The molecule has 1 fully saturated rings. The Morgan fingerprint density at radius 3 is 2.64 bits per heavy atom. The largest absolute Gasteiger partial charge is 0.494 e. The number of benzene rings is 1. The first-order chi connectivity index (χ1) is 11.7. The number of hydrogen-bond acceptors (Lipinski definition) is 3. The van der Waals surface area contributed by atoms with Gasteiger partial charge >= 0.3 is 0 Å². The number of methoxy groups -OCH3 is 1. The molecule has 1 aromatic carbocycles. The van der Waals surface area contributed by atoms with Crippen molar-refractivity contribution in [1.82, 2.24) is 15.5 Å². The number of likely N-dealkylation sites (tertiary alicyclic amines) is 1. The third-order valence-electron chi connectivity index (χ3n) is 4.15. The molecule has 1 heterocycles. The molecule has 0 aromatic heterocycles. The number of piperidine rings is 1. The molecule has 0 bridgehead atoms. The Morgan fingerprint density at radius 2 is 2.00 bits per heavy atom. The van der Waals surface area contributed by atoms with Crippen LogP contribution in [0.25, 0.3) is 0 Å². The minimum absolute atomic E-state index is 0. The lowest BCUT2D eigenvalue weighted by molar-refractivity contribution is 0.232. The molecule has 142 valence electrons. The third kappa shape index (κ3) is 7.77. The third-order valence-corrected chi connectivity index (χ3v) is 4.15. The summed E-state index contributed by atoms with van der Waals surface area (Å²) in [6.07, 6.45) is 3.96. The highest BCUT2D eigenvalue weighted by atomic mass is 127. The van der Waals surface area contributed by atoms with E-state index in [1.807, 2.05) is 13.0 Å². The van der Waals surface area contributed by atoms with Crippen molar-refractivity contribution in [3.8, 4) is 5.75 Å². The second kappa shape index (κ2) is 12.3. The highest BCUT2D eigenvalue weighted by Crippen LogP contribution is 2.18. The number of nitrogens with zero attached hydrogens (tertiary/aromatic N) is 2. The lowest BCUT2D eigenvalue weighted by Gasteiger charge is -2.26. The van der Waals surface area contributed by atoms with Gasteiger partial charge in [-0.25, -0.2) is 9.38 Å². The van der Waals surface area contributed by atoms with Crippen LogP contribution < -0.4 is 15.4 Å². The predicted octanol–water partition coefficient (Wildman–Crippen LogP) is 2.99.